The molecule has 2 fully saturated rings. The van der Waals surface area contributed by atoms with Crippen LogP contribution in [0.1, 0.15) is 57.9 Å². The molecule has 0 spiro atoms. The predicted octanol–water partition coefficient (Wildman–Crippen LogP) is 4.58. The van der Waals surface area contributed by atoms with Crippen molar-refractivity contribution in [3.8, 4) is 0 Å². The van der Waals surface area contributed by atoms with Gasteiger partial charge in [0.2, 0.25) is 0 Å². The van der Waals surface area contributed by atoms with Crippen molar-refractivity contribution in [2.45, 2.75) is 58.5 Å². The third-order valence-electron chi connectivity index (χ3n) is 8.52. The summed E-state index contributed by atoms with van der Waals surface area (Å²) < 4.78 is 0. The van der Waals surface area contributed by atoms with Crippen LogP contribution in [0.5, 0.6) is 0 Å². The quantitative estimate of drug-likeness (QED) is 0.743. The predicted molar refractivity (Wildman–Crippen MR) is 106 cm³/mol. The van der Waals surface area contributed by atoms with E-state index in [0.29, 0.717) is 30.5 Å². The first-order chi connectivity index (χ1) is 12.9. The van der Waals surface area contributed by atoms with Crippen LogP contribution in [0.2, 0.25) is 0 Å². The molecule has 5 rings (SSSR count). The first-order valence-corrected chi connectivity index (χ1v) is 10.5. The van der Waals surface area contributed by atoms with Crippen LogP contribution in [0, 0.1) is 28.6 Å². The number of hydrogen-bond acceptors (Lipinski definition) is 3. The summed E-state index contributed by atoms with van der Waals surface area (Å²) in [6, 6.07) is 4.19. The SMILES string of the molecule is C[C@]12CCC(=O)CC1=C[C@H](O)[C@@H]1[C@@H]2CC[C@]2(C)C(c3cccnc3)=CC[C@@H]12. The smallest absolute Gasteiger partial charge is 0.136 e. The van der Waals surface area contributed by atoms with Crippen molar-refractivity contribution in [1.29, 1.82) is 0 Å². The monoisotopic (exact) mass is 363 g/mol. The lowest BCUT2D eigenvalue weighted by Gasteiger charge is -2.58. The molecule has 3 heteroatoms. The fraction of sp³-hybridized carbons (Fsp3) is 0.583. The first-order valence-electron chi connectivity index (χ1n) is 10.5. The average Bonchev–Trinajstić information content (AvgIpc) is 3.01. The molecule has 3 nitrogen and oxygen atoms in total. The van der Waals surface area contributed by atoms with Crippen molar-refractivity contribution in [2.75, 3.05) is 0 Å². The molecule has 6 atom stereocenters. The molecule has 4 aliphatic carbocycles. The van der Waals surface area contributed by atoms with Crippen LogP contribution in [0.3, 0.4) is 0 Å². The van der Waals surface area contributed by atoms with Crippen LogP contribution in [-0.2, 0) is 4.79 Å². The third kappa shape index (κ3) is 2.37. The lowest BCUT2D eigenvalue weighted by Crippen LogP contribution is -2.54. The number of Topliss-reactive ketones (excluding diaryl/α,β-unsaturated/α-hetero) is 1. The van der Waals surface area contributed by atoms with E-state index in [1.54, 1.807) is 0 Å². The van der Waals surface area contributed by atoms with E-state index >= 15 is 0 Å². The Morgan fingerprint density at radius 2 is 2.04 bits per heavy atom. The second-order valence-electron chi connectivity index (χ2n) is 9.66. The van der Waals surface area contributed by atoms with E-state index in [-0.39, 0.29) is 16.7 Å². The Kier molecular flexibility index (Phi) is 3.78. The second kappa shape index (κ2) is 5.88. The van der Waals surface area contributed by atoms with Gasteiger partial charge in [-0.25, -0.2) is 0 Å². The van der Waals surface area contributed by atoms with Crippen molar-refractivity contribution in [2.24, 2.45) is 28.6 Å². The summed E-state index contributed by atoms with van der Waals surface area (Å²) in [4.78, 5) is 16.4. The van der Waals surface area contributed by atoms with Gasteiger partial charge in [-0.2, -0.15) is 0 Å². The molecule has 4 aliphatic rings. The lowest BCUT2D eigenvalue weighted by molar-refractivity contribution is -0.123. The van der Waals surface area contributed by atoms with Crippen LogP contribution in [0.15, 0.2) is 42.3 Å². The largest absolute Gasteiger partial charge is 0.389 e. The van der Waals surface area contributed by atoms with Gasteiger partial charge in [-0.15, -0.1) is 0 Å². The number of ketones is 1. The van der Waals surface area contributed by atoms with E-state index in [2.05, 4.69) is 37.0 Å². The number of pyridine rings is 1. The summed E-state index contributed by atoms with van der Waals surface area (Å²) in [6.07, 6.45) is 13.4. The minimum atomic E-state index is -0.421. The van der Waals surface area contributed by atoms with Gasteiger partial charge in [0.1, 0.15) is 5.78 Å². The Balaban J connectivity index is 1.52. The summed E-state index contributed by atoms with van der Waals surface area (Å²) in [5, 5.41) is 11.1. The van der Waals surface area contributed by atoms with Gasteiger partial charge >= 0.3 is 0 Å². The fourth-order valence-corrected chi connectivity index (χ4v) is 7.01. The van der Waals surface area contributed by atoms with Crippen molar-refractivity contribution in [3.05, 3.63) is 47.8 Å². The number of carbonyl (C=O) groups excluding carboxylic acids is 1. The van der Waals surface area contributed by atoms with Gasteiger partial charge in [-0.3, -0.25) is 9.78 Å². The minimum absolute atomic E-state index is 0.0934. The molecular formula is C24H29NO2. The molecular weight excluding hydrogens is 334 g/mol. The van der Waals surface area contributed by atoms with E-state index in [1.165, 1.54) is 16.7 Å². The van der Waals surface area contributed by atoms with Gasteiger partial charge in [0, 0.05) is 25.2 Å². The van der Waals surface area contributed by atoms with E-state index < -0.39 is 6.10 Å². The summed E-state index contributed by atoms with van der Waals surface area (Å²) in [6.45, 7) is 4.76. The Morgan fingerprint density at radius 3 is 2.81 bits per heavy atom. The lowest BCUT2D eigenvalue weighted by atomic mass is 9.46. The normalized spacial score (nSPS) is 43.3. The number of fused-ring (bicyclic) bond motifs is 5. The van der Waals surface area contributed by atoms with E-state index in [0.717, 1.165) is 25.7 Å². The van der Waals surface area contributed by atoms with Gasteiger partial charge in [0.15, 0.2) is 0 Å². The van der Waals surface area contributed by atoms with E-state index in [1.807, 2.05) is 18.5 Å². The van der Waals surface area contributed by atoms with Crippen LogP contribution >= 0.6 is 0 Å². The molecule has 1 N–H and O–H groups in total. The highest BCUT2D eigenvalue weighted by molar-refractivity contribution is 5.82. The Bertz CT molecular complexity index is 841. The van der Waals surface area contributed by atoms with E-state index in [9.17, 15) is 9.90 Å². The molecule has 0 amide bonds. The second-order valence-corrected chi connectivity index (χ2v) is 9.66. The number of rotatable bonds is 1. The highest BCUT2D eigenvalue weighted by Crippen LogP contribution is 2.66. The fourth-order valence-electron chi connectivity index (χ4n) is 7.01. The zero-order valence-corrected chi connectivity index (χ0v) is 16.3. The highest BCUT2D eigenvalue weighted by Gasteiger charge is 2.59. The van der Waals surface area contributed by atoms with Crippen LogP contribution in [0.25, 0.3) is 5.57 Å². The molecule has 142 valence electrons. The molecule has 1 heterocycles. The van der Waals surface area contributed by atoms with Gasteiger partial charge in [-0.1, -0.05) is 37.6 Å². The topological polar surface area (TPSA) is 50.2 Å². The zero-order chi connectivity index (χ0) is 18.8. The van der Waals surface area contributed by atoms with Crippen LogP contribution in [-0.4, -0.2) is 22.0 Å². The van der Waals surface area contributed by atoms with Gasteiger partial charge < -0.3 is 5.11 Å². The summed E-state index contributed by atoms with van der Waals surface area (Å²) in [5.41, 5.74) is 4.07. The van der Waals surface area contributed by atoms with Crippen molar-refractivity contribution < 1.29 is 9.90 Å². The zero-order valence-electron chi connectivity index (χ0n) is 16.3. The number of aromatic nitrogens is 1. The Labute approximate surface area is 161 Å². The number of aliphatic hydroxyl groups excluding tert-OH is 1. The molecule has 0 radical (unpaired) electrons. The molecule has 0 aromatic carbocycles. The van der Waals surface area contributed by atoms with Crippen LogP contribution in [0.4, 0.5) is 0 Å². The van der Waals surface area contributed by atoms with Crippen molar-refractivity contribution in [3.63, 3.8) is 0 Å². The number of nitrogens with zero attached hydrogens (tertiary/aromatic N) is 1. The molecule has 0 saturated heterocycles. The van der Waals surface area contributed by atoms with Gasteiger partial charge in [0.25, 0.3) is 0 Å². The molecule has 1 aromatic rings. The number of allylic oxidation sites excluding steroid dienone is 3. The standard InChI is InChI=1S/C24H29NO2/c1-23-9-7-17(26)12-16(23)13-21(27)22-19-6-5-18(15-4-3-11-25-14-15)24(19,2)10-8-20(22)23/h3-5,11,13-14,19-22,27H,6-10,12H2,1-2H3/t19-,20-,21-,22-,23-,24+/m0/s1. The van der Waals surface area contributed by atoms with Crippen molar-refractivity contribution >= 4 is 11.4 Å². The van der Waals surface area contributed by atoms with E-state index in [4.69, 9.17) is 0 Å². The van der Waals surface area contributed by atoms with Gasteiger partial charge in [0.05, 0.1) is 6.10 Å². The molecule has 2 saturated carbocycles. The number of hydrogen-bond donors (Lipinski definition) is 1. The van der Waals surface area contributed by atoms with Gasteiger partial charge in [-0.05, 0) is 71.5 Å². The highest BCUT2D eigenvalue weighted by atomic mass is 16.3. The maximum atomic E-state index is 12.0. The number of aliphatic hydroxyl groups is 1. The average molecular weight is 364 g/mol. The summed E-state index contributed by atoms with van der Waals surface area (Å²) in [7, 11) is 0. The maximum Gasteiger partial charge on any atom is 0.136 e. The Hall–Kier alpha value is -1.74. The first kappa shape index (κ1) is 17.4. The summed E-state index contributed by atoms with van der Waals surface area (Å²) >= 11 is 0. The molecule has 27 heavy (non-hydrogen) atoms. The third-order valence-corrected chi connectivity index (χ3v) is 8.52. The molecule has 0 unspecified atom stereocenters. The van der Waals surface area contributed by atoms with Crippen molar-refractivity contribution in [1.82, 2.24) is 4.98 Å². The number of carbonyl (C=O) groups is 1. The summed E-state index contributed by atoms with van der Waals surface area (Å²) in [5.74, 6) is 1.58. The molecule has 0 bridgehead atoms. The maximum absolute atomic E-state index is 12.0. The van der Waals surface area contributed by atoms with Crippen LogP contribution < -0.4 is 0 Å². The molecule has 0 aliphatic heterocycles. The Morgan fingerprint density at radius 1 is 1.19 bits per heavy atom. The molecule has 1 aromatic heterocycles. The minimum Gasteiger partial charge on any atom is -0.389 e.